The van der Waals surface area contributed by atoms with Gasteiger partial charge in [0.1, 0.15) is 5.75 Å². The predicted molar refractivity (Wildman–Crippen MR) is 103 cm³/mol. The molecule has 0 amide bonds. The zero-order valence-corrected chi connectivity index (χ0v) is 13.5. The van der Waals surface area contributed by atoms with Crippen LogP contribution in [0.4, 0.5) is 0 Å². The summed E-state index contributed by atoms with van der Waals surface area (Å²) in [6.45, 7) is 0. The standard InChI is InChI=1S/C23H16O2/c24-22(21-13-12-18-6-3-4-8-20(18)23(21)25)14-10-16-9-11-17-5-1-2-7-19(17)15-16/h1-15,25H/b14-10+. The molecule has 0 aliphatic heterocycles. The molecule has 0 bridgehead atoms. The first kappa shape index (κ1) is 15.2. The fraction of sp³-hybridized carbons (Fsp3) is 0. The van der Waals surface area contributed by atoms with Gasteiger partial charge in [-0.1, -0.05) is 72.8 Å². The maximum Gasteiger partial charge on any atom is 0.189 e. The van der Waals surface area contributed by atoms with Crippen molar-refractivity contribution in [2.24, 2.45) is 0 Å². The Labute approximate surface area is 145 Å². The average Bonchev–Trinajstić information content (AvgIpc) is 2.66. The fourth-order valence-corrected chi connectivity index (χ4v) is 3.03. The quantitative estimate of drug-likeness (QED) is 0.394. The van der Waals surface area contributed by atoms with E-state index < -0.39 is 0 Å². The molecular weight excluding hydrogens is 308 g/mol. The van der Waals surface area contributed by atoms with E-state index in [0.29, 0.717) is 10.9 Å². The predicted octanol–water partition coefficient (Wildman–Crippen LogP) is 5.59. The van der Waals surface area contributed by atoms with Crippen LogP contribution in [0.15, 0.2) is 84.9 Å². The van der Waals surface area contributed by atoms with Crippen LogP contribution in [0, 0.1) is 0 Å². The van der Waals surface area contributed by atoms with Gasteiger partial charge in [0.05, 0.1) is 5.56 Å². The van der Waals surface area contributed by atoms with Gasteiger partial charge in [-0.15, -0.1) is 0 Å². The first-order valence-electron chi connectivity index (χ1n) is 8.14. The number of phenolic OH excluding ortho intramolecular Hbond substituents is 1. The summed E-state index contributed by atoms with van der Waals surface area (Å²) in [5.74, 6) is -0.178. The number of carbonyl (C=O) groups is 1. The maximum atomic E-state index is 12.5. The SMILES string of the molecule is O=C(/C=C/c1ccc2ccccc2c1)c1ccc2ccccc2c1O. The molecule has 0 aliphatic rings. The number of ketones is 1. The number of carbonyl (C=O) groups excluding carboxylic acids is 1. The molecule has 0 aliphatic carbocycles. The number of phenols is 1. The molecule has 0 atom stereocenters. The Morgan fingerprint density at radius 3 is 2.28 bits per heavy atom. The average molecular weight is 324 g/mol. The van der Waals surface area contributed by atoms with Crippen LogP contribution in [0.25, 0.3) is 27.6 Å². The Bertz CT molecular complexity index is 1120. The van der Waals surface area contributed by atoms with Gasteiger partial charge < -0.3 is 5.11 Å². The number of allylic oxidation sites excluding steroid dienone is 1. The van der Waals surface area contributed by atoms with Crippen LogP contribution in [-0.4, -0.2) is 10.9 Å². The van der Waals surface area contributed by atoms with Crippen molar-refractivity contribution in [3.05, 3.63) is 96.1 Å². The molecule has 0 spiro atoms. The molecular formula is C23H16O2. The summed E-state index contributed by atoms with van der Waals surface area (Å²) in [6, 6.07) is 25.2. The van der Waals surface area contributed by atoms with Crippen molar-refractivity contribution in [3.63, 3.8) is 0 Å². The summed E-state index contributed by atoms with van der Waals surface area (Å²) >= 11 is 0. The van der Waals surface area contributed by atoms with Crippen LogP contribution in [0.2, 0.25) is 0 Å². The highest BCUT2D eigenvalue weighted by Crippen LogP contribution is 2.29. The molecule has 4 aromatic carbocycles. The van der Waals surface area contributed by atoms with E-state index >= 15 is 0 Å². The fourth-order valence-electron chi connectivity index (χ4n) is 3.03. The van der Waals surface area contributed by atoms with Gasteiger partial charge in [0.15, 0.2) is 5.78 Å². The summed E-state index contributed by atoms with van der Waals surface area (Å²) < 4.78 is 0. The van der Waals surface area contributed by atoms with Gasteiger partial charge in [-0.25, -0.2) is 0 Å². The molecule has 120 valence electrons. The minimum absolute atomic E-state index is 0.0336. The number of hydrogen-bond donors (Lipinski definition) is 1. The second-order valence-electron chi connectivity index (χ2n) is 5.99. The molecule has 1 N–H and O–H groups in total. The lowest BCUT2D eigenvalue weighted by Gasteiger charge is -2.05. The monoisotopic (exact) mass is 324 g/mol. The number of fused-ring (bicyclic) bond motifs is 2. The Morgan fingerprint density at radius 1 is 0.760 bits per heavy atom. The molecule has 0 saturated heterocycles. The van der Waals surface area contributed by atoms with Crippen molar-refractivity contribution >= 4 is 33.4 Å². The van der Waals surface area contributed by atoms with E-state index in [0.717, 1.165) is 21.7 Å². The first-order chi connectivity index (χ1) is 12.2. The second-order valence-corrected chi connectivity index (χ2v) is 5.99. The summed E-state index contributed by atoms with van der Waals surface area (Å²) in [6.07, 6.45) is 3.29. The molecule has 4 rings (SSSR count). The molecule has 25 heavy (non-hydrogen) atoms. The number of rotatable bonds is 3. The van der Waals surface area contributed by atoms with Crippen molar-refractivity contribution < 1.29 is 9.90 Å². The minimum Gasteiger partial charge on any atom is -0.507 e. The molecule has 0 fully saturated rings. The van der Waals surface area contributed by atoms with Gasteiger partial charge >= 0.3 is 0 Å². The molecule has 2 nitrogen and oxygen atoms in total. The third kappa shape index (κ3) is 2.90. The van der Waals surface area contributed by atoms with Crippen LogP contribution in [0.3, 0.4) is 0 Å². The van der Waals surface area contributed by atoms with Gasteiger partial charge in [-0.3, -0.25) is 4.79 Å². The minimum atomic E-state index is -0.212. The van der Waals surface area contributed by atoms with Crippen LogP contribution < -0.4 is 0 Å². The lowest BCUT2D eigenvalue weighted by atomic mass is 10.0. The van der Waals surface area contributed by atoms with Crippen molar-refractivity contribution in [3.8, 4) is 5.75 Å². The number of hydrogen-bond acceptors (Lipinski definition) is 2. The van der Waals surface area contributed by atoms with Crippen LogP contribution in [0.1, 0.15) is 15.9 Å². The molecule has 4 aromatic rings. The molecule has 0 saturated carbocycles. The Balaban J connectivity index is 1.66. The van der Waals surface area contributed by atoms with Gasteiger partial charge in [-0.2, -0.15) is 0 Å². The van der Waals surface area contributed by atoms with E-state index in [9.17, 15) is 9.90 Å². The van der Waals surface area contributed by atoms with E-state index in [2.05, 4.69) is 6.07 Å². The molecule has 0 heterocycles. The van der Waals surface area contributed by atoms with E-state index in [1.165, 1.54) is 6.08 Å². The van der Waals surface area contributed by atoms with Gasteiger partial charge in [0, 0.05) is 5.39 Å². The van der Waals surface area contributed by atoms with E-state index in [1.807, 2.05) is 66.7 Å². The highest BCUT2D eigenvalue weighted by Gasteiger charge is 2.11. The van der Waals surface area contributed by atoms with Crippen molar-refractivity contribution in [1.82, 2.24) is 0 Å². The summed E-state index contributed by atoms with van der Waals surface area (Å²) in [5, 5.41) is 14.3. The lowest BCUT2D eigenvalue weighted by Crippen LogP contribution is -1.95. The van der Waals surface area contributed by atoms with Crippen LogP contribution in [0.5, 0.6) is 5.75 Å². The van der Waals surface area contributed by atoms with Gasteiger partial charge in [-0.05, 0) is 39.9 Å². The molecule has 0 radical (unpaired) electrons. The van der Waals surface area contributed by atoms with E-state index in [1.54, 1.807) is 12.1 Å². The normalized spacial score (nSPS) is 11.4. The number of benzene rings is 4. The Morgan fingerprint density at radius 2 is 1.44 bits per heavy atom. The van der Waals surface area contributed by atoms with Crippen LogP contribution in [-0.2, 0) is 0 Å². The van der Waals surface area contributed by atoms with Crippen LogP contribution >= 0.6 is 0 Å². The zero-order chi connectivity index (χ0) is 17.2. The van der Waals surface area contributed by atoms with Gasteiger partial charge in [0.25, 0.3) is 0 Å². The summed E-state index contributed by atoms with van der Waals surface area (Å²) in [7, 11) is 0. The smallest absolute Gasteiger partial charge is 0.189 e. The third-order valence-electron chi connectivity index (χ3n) is 4.37. The zero-order valence-electron chi connectivity index (χ0n) is 13.5. The molecule has 0 unspecified atom stereocenters. The van der Waals surface area contributed by atoms with Gasteiger partial charge in [0.2, 0.25) is 0 Å². The molecule has 0 aromatic heterocycles. The maximum absolute atomic E-state index is 12.5. The van der Waals surface area contributed by atoms with Crippen molar-refractivity contribution in [2.75, 3.05) is 0 Å². The van der Waals surface area contributed by atoms with E-state index in [4.69, 9.17) is 0 Å². The first-order valence-corrected chi connectivity index (χ1v) is 8.14. The number of aromatic hydroxyl groups is 1. The largest absolute Gasteiger partial charge is 0.507 e. The van der Waals surface area contributed by atoms with Crippen molar-refractivity contribution in [2.45, 2.75) is 0 Å². The van der Waals surface area contributed by atoms with Crippen molar-refractivity contribution in [1.29, 1.82) is 0 Å². The lowest BCUT2D eigenvalue weighted by molar-refractivity contribution is 0.104. The van der Waals surface area contributed by atoms with E-state index in [-0.39, 0.29) is 11.5 Å². The second kappa shape index (κ2) is 6.25. The Hall–Kier alpha value is -3.39. The third-order valence-corrected chi connectivity index (χ3v) is 4.37. The Kier molecular flexibility index (Phi) is 3.79. The topological polar surface area (TPSA) is 37.3 Å². The summed E-state index contributed by atoms with van der Waals surface area (Å²) in [5.41, 5.74) is 1.27. The molecule has 2 heteroatoms. The summed E-state index contributed by atoms with van der Waals surface area (Å²) in [4.78, 5) is 12.5. The highest BCUT2D eigenvalue weighted by molar-refractivity contribution is 6.11. The highest BCUT2D eigenvalue weighted by atomic mass is 16.3.